The number of halogens is 2. The van der Waals surface area contributed by atoms with Crippen molar-refractivity contribution in [1.29, 1.82) is 0 Å². The fourth-order valence-corrected chi connectivity index (χ4v) is 4.02. The predicted octanol–water partition coefficient (Wildman–Crippen LogP) is 3.16. The van der Waals surface area contributed by atoms with Crippen molar-refractivity contribution in [3.8, 4) is 5.75 Å². The Morgan fingerprint density at radius 2 is 2.00 bits per heavy atom. The number of benzene rings is 2. The molecule has 176 valence electrons. The molecule has 2 N–H and O–H groups in total. The topological polar surface area (TPSA) is 82.1 Å². The lowest BCUT2D eigenvalue weighted by Gasteiger charge is -2.40. The van der Waals surface area contributed by atoms with Gasteiger partial charge in [-0.2, -0.15) is 0 Å². The van der Waals surface area contributed by atoms with Crippen molar-refractivity contribution >= 4 is 35.2 Å². The summed E-state index contributed by atoms with van der Waals surface area (Å²) < 4.78 is 18.4. The Kier molecular flexibility index (Phi) is 8.43. The minimum absolute atomic E-state index is 0.175. The first kappa shape index (κ1) is 24.7. The summed E-state index contributed by atoms with van der Waals surface area (Å²) in [4.78, 5) is 28.2. The molecule has 1 aliphatic heterocycles. The number of methoxy groups -OCH3 is 1. The number of carbonyl (C=O) groups excluding carboxylic acids is 2. The first-order valence-corrected chi connectivity index (χ1v) is 10.9. The van der Waals surface area contributed by atoms with E-state index in [9.17, 15) is 19.1 Å². The van der Waals surface area contributed by atoms with Crippen molar-refractivity contribution in [3.63, 3.8) is 0 Å². The molecule has 0 spiro atoms. The van der Waals surface area contributed by atoms with Gasteiger partial charge < -0.3 is 20.1 Å². The zero-order valence-corrected chi connectivity index (χ0v) is 19.3. The predicted molar refractivity (Wildman–Crippen MR) is 126 cm³/mol. The third-order valence-corrected chi connectivity index (χ3v) is 5.72. The van der Waals surface area contributed by atoms with Crippen LogP contribution in [0.25, 0.3) is 6.08 Å². The van der Waals surface area contributed by atoms with Gasteiger partial charge in [0.25, 0.3) is 0 Å². The van der Waals surface area contributed by atoms with Crippen molar-refractivity contribution < 1.29 is 23.8 Å². The van der Waals surface area contributed by atoms with E-state index in [-0.39, 0.29) is 30.3 Å². The van der Waals surface area contributed by atoms with Crippen molar-refractivity contribution in [2.24, 2.45) is 0 Å². The van der Waals surface area contributed by atoms with E-state index in [0.29, 0.717) is 48.2 Å². The van der Waals surface area contributed by atoms with Crippen LogP contribution in [0.15, 0.2) is 42.5 Å². The molecule has 2 aromatic rings. The second-order valence-corrected chi connectivity index (χ2v) is 8.23. The number of hydrogen-bond acceptors (Lipinski definition) is 5. The van der Waals surface area contributed by atoms with Crippen LogP contribution < -0.4 is 10.1 Å². The number of ether oxygens (including phenoxy) is 1. The first-order valence-electron chi connectivity index (χ1n) is 10.5. The summed E-state index contributed by atoms with van der Waals surface area (Å²) in [6.45, 7) is 3.38. The summed E-state index contributed by atoms with van der Waals surface area (Å²) in [5, 5.41) is 12.9. The van der Waals surface area contributed by atoms with Gasteiger partial charge >= 0.3 is 0 Å². The molecule has 0 bridgehead atoms. The SMILES string of the molecule is COc1cc(/C=C/C(=O)N2CCN(Cc3ccc(F)cc3)C[C@H]2CO)c(NC(C)=O)cc1Cl. The molecule has 1 atom stereocenters. The van der Waals surface area contributed by atoms with Crippen molar-refractivity contribution in [2.75, 3.05) is 38.7 Å². The maximum absolute atomic E-state index is 13.1. The molecule has 3 rings (SSSR count). The second kappa shape index (κ2) is 11.3. The van der Waals surface area contributed by atoms with E-state index in [1.165, 1.54) is 32.2 Å². The number of hydrogen-bond donors (Lipinski definition) is 2. The Bertz CT molecular complexity index is 1030. The van der Waals surface area contributed by atoms with Gasteiger partial charge in [0.05, 0.1) is 24.8 Å². The number of piperazine rings is 1. The lowest BCUT2D eigenvalue weighted by molar-refractivity contribution is -0.132. The van der Waals surface area contributed by atoms with Crippen LogP contribution in [0.5, 0.6) is 5.75 Å². The summed E-state index contributed by atoms with van der Waals surface area (Å²) >= 11 is 6.16. The average molecular weight is 476 g/mol. The number of amides is 2. The van der Waals surface area contributed by atoms with Crippen LogP contribution in [0.1, 0.15) is 18.1 Å². The van der Waals surface area contributed by atoms with E-state index in [2.05, 4.69) is 10.2 Å². The van der Waals surface area contributed by atoms with Crippen LogP contribution in [0, 0.1) is 5.82 Å². The fourth-order valence-electron chi connectivity index (χ4n) is 3.78. The standard InChI is InChI=1S/C24H27ClFN3O4/c1-16(31)27-22-12-21(25)23(33-2)11-18(22)5-8-24(32)29-10-9-28(14-20(29)15-30)13-17-3-6-19(26)7-4-17/h3-8,11-12,20,30H,9-10,13-15H2,1-2H3,(H,27,31)/b8-5+/t20-/m0/s1. The van der Waals surface area contributed by atoms with Gasteiger partial charge in [0.2, 0.25) is 11.8 Å². The lowest BCUT2D eigenvalue weighted by Crippen LogP contribution is -2.55. The summed E-state index contributed by atoms with van der Waals surface area (Å²) in [5.41, 5.74) is 1.99. The maximum Gasteiger partial charge on any atom is 0.246 e. The number of aliphatic hydroxyl groups excluding tert-OH is 1. The summed E-state index contributed by atoms with van der Waals surface area (Å²) in [6.07, 6.45) is 3.00. The van der Waals surface area contributed by atoms with Gasteiger partial charge in [0.1, 0.15) is 11.6 Å². The normalized spacial score (nSPS) is 16.8. The number of nitrogens with zero attached hydrogens (tertiary/aromatic N) is 2. The van der Waals surface area contributed by atoms with E-state index in [1.54, 1.807) is 35.2 Å². The molecule has 1 fully saturated rings. The van der Waals surface area contributed by atoms with Gasteiger partial charge in [-0.3, -0.25) is 14.5 Å². The molecule has 0 aliphatic carbocycles. The highest BCUT2D eigenvalue weighted by atomic mass is 35.5. The summed E-state index contributed by atoms with van der Waals surface area (Å²) in [6, 6.07) is 9.14. The van der Waals surface area contributed by atoms with E-state index >= 15 is 0 Å². The summed E-state index contributed by atoms with van der Waals surface area (Å²) in [7, 11) is 1.48. The van der Waals surface area contributed by atoms with E-state index in [4.69, 9.17) is 16.3 Å². The van der Waals surface area contributed by atoms with Gasteiger partial charge in [0, 0.05) is 50.4 Å². The highest BCUT2D eigenvalue weighted by Gasteiger charge is 2.29. The van der Waals surface area contributed by atoms with Crippen LogP contribution in [-0.2, 0) is 16.1 Å². The molecule has 0 unspecified atom stereocenters. The van der Waals surface area contributed by atoms with Gasteiger partial charge in [-0.1, -0.05) is 23.7 Å². The van der Waals surface area contributed by atoms with Crippen molar-refractivity contribution in [2.45, 2.75) is 19.5 Å². The van der Waals surface area contributed by atoms with Gasteiger partial charge in [-0.05, 0) is 35.9 Å². The van der Waals surface area contributed by atoms with Crippen LogP contribution in [-0.4, -0.2) is 66.1 Å². The Hall–Kier alpha value is -2.94. The molecule has 2 amide bonds. The van der Waals surface area contributed by atoms with Crippen LogP contribution in [0.4, 0.5) is 10.1 Å². The van der Waals surface area contributed by atoms with Gasteiger partial charge in [-0.25, -0.2) is 4.39 Å². The minimum atomic E-state index is -0.370. The highest BCUT2D eigenvalue weighted by molar-refractivity contribution is 6.32. The number of carbonyl (C=O) groups is 2. The van der Waals surface area contributed by atoms with Crippen molar-refractivity contribution in [3.05, 3.63) is 64.4 Å². The minimum Gasteiger partial charge on any atom is -0.495 e. The monoisotopic (exact) mass is 475 g/mol. The molecule has 1 aliphatic rings. The molecule has 0 saturated carbocycles. The largest absolute Gasteiger partial charge is 0.495 e. The maximum atomic E-state index is 13.1. The molecule has 1 saturated heterocycles. The molecule has 7 nitrogen and oxygen atoms in total. The van der Waals surface area contributed by atoms with E-state index < -0.39 is 0 Å². The van der Waals surface area contributed by atoms with Gasteiger partial charge in [-0.15, -0.1) is 0 Å². The molecular weight excluding hydrogens is 449 g/mol. The Morgan fingerprint density at radius 3 is 2.64 bits per heavy atom. The van der Waals surface area contributed by atoms with Crippen molar-refractivity contribution in [1.82, 2.24) is 9.80 Å². The van der Waals surface area contributed by atoms with Gasteiger partial charge in [0.15, 0.2) is 0 Å². The Balaban J connectivity index is 1.70. The number of anilines is 1. The average Bonchev–Trinajstić information content (AvgIpc) is 2.79. The third kappa shape index (κ3) is 6.54. The first-order chi connectivity index (χ1) is 15.8. The third-order valence-electron chi connectivity index (χ3n) is 5.42. The van der Waals surface area contributed by atoms with E-state index in [0.717, 1.165) is 5.56 Å². The lowest BCUT2D eigenvalue weighted by atomic mass is 10.1. The van der Waals surface area contributed by atoms with E-state index in [1.807, 2.05) is 0 Å². The Morgan fingerprint density at radius 1 is 1.27 bits per heavy atom. The molecular formula is C24H27ClFN3O4. The van der Waals surface area contributed by atoms with Crippen LogP contribution >= 0.6 is 11.6 Å². The molecule has 0 aromatic heterocycles. The zero-order chi connectivity index (χ0) is 24.0. The Labute approximate surface area is 197 Å². The number of nitrogens with one attached hydrogen (secondary N) is 1. The fraction of sp³-hybridized carbons (Fsp3) is 0.333. The molecule has 1 heterocycles. The molecule has 2 aromatic carbocycles. The highest BCUT2D eigenvalue weighted by Crippen LogP contribution is 2.32. The zero-order valence-electron chi connectivity index (χ0n) is 18.6. The summed E-state index contributed by atoms with van der Waals surface area (Å²) in [5.74, 6) is -0.386. The smallest absolute Gasteiger partial charge is 0.246 e. The molecule has 0 radical (unpaired) electrons. The second-order valence-electron chi connectivity index (χ2n) is 7.82. The van der Waals surface area contributed by atoms with Crippen LogP contribution in [0.2, 0.25) is 5.02 Å². The molecule has 33 heavy (non-hydrogen) atoms. The van der Waals surface area contributed by atoms with Crippen LogP contribution in [0.3, 0.4) is 0 Å². The molecule has 9 heteroatoms. The number of aliphatic hydroxyl groups is 1. The number of rotatable bonds is 7. The quantitative estimate of drug-likeness (QED) is 0.601.